The molecule has 0 aliphatic rings. The molecule has 0 spiro atoms. The molecule has 0 saturated heterocycles. The summed E-state index contributed by atoms with van der Waals surface area (Å²) in [7, 11) is 0. The van der Waals surface area contributed by atoms with Gasteiger partial charge in [0.2, 0.25) is 5.78 Å². The number of aliphatic carboxylic acids is 1. The summed E-state index contributed by atoms with van der Waals surface area (Å²) in [6.45, 7) is 3.16. The molecule has 0 bridgehead atoms. The van der Waals surface area contributed by atoms with Crippen LogP contribution in [0.3, 0.4) is 0 Å². The number of carboxylic acids is 1. The molecule has 0 radical (unpaired) electrons. The molecule has 0 aromatic heterocycles. The first-order chi connectivity index (χ1) is 4.04. The van der Waals surface area contributed by atoms with E-state index in [9.17, 15) is 9.59 Å². The number of carbonyl (C=O) groups is 2. The van der Waals surface area contributed by atoms with Crippen molar-refractivity contribution in [3.05, 3.63) is 11.6 Å². The van der Waals surface area contributed by atoms with E-state index in [1.807, 2.05) is 0 Å². The van der Waals surface area contributed by atoms with Gasteiger partial charge in [-0.05, 0) is 0 Å². The fraction of sp³-hybridized carbons (Fsp3) is 0.200. The number of hydrogen-bond donors (Lipinski definition) is 1. The van der Waals surface area contributed by atoms with Crippen LogP contribution in [0.25, 0.3) is 0 Å². The molecule has 0 fully saturated rings. The van der Waals surface area contributed by atoms with Crippen molar-refractivity contribution < 1.29 is 14.7 Å². The van der Waals surface area contributed by atoms with E-state index >= 15 is 0 Å². The quantitative estimate of drug-likeness (QED) is 0.602. The maximum absolute atomic E-state index is 10.2. The Balaban J connectivity index is 3.79. The number of rotatable bonds is 3. The van der Waals surface area contributed by atoms with E-state index in [4.69, 9.17) is 16.7 Å². The van der Waals surface area contributed by atoms with Crippen molar-refractivity contribution in [2.24, 2.45) is 0 Å². The molecule has 0 unspecified atom stereocenters. The summed E-state index contributed by atoms with van der Waals surface area (Å²) in [6.07, 6.45) is -0.295. The molecular formula is C5H5ClO3. The molecule has 0 aromatic rings. The third kappa shape index (κ3) is 3.73. The summed E-state index contributed by atoms with van der Waals surface area (Å²) in [5, 5.41) is 8.03. The lowest BCUT2D eigenvalue weighted by molar-refractivity contribution is -0.148. The van der Waals surface area contributed by atoms with Crippen LogP contribution < -0.4 is 0 Å². The first-order valence-electron chi connectivity index (χ1n) is 2.13. The molecule has 0 aliphatic carbocycles. The number of hydrogen-bond acceptors (Lipinski definition) is 2. The lowest BCUT2D eigenvalue weighted by Gasteiger charge is -1.88. The molecular weight excluding hydrogens is 144 g/mol. The highest BCUT2D eigenvalue weighted by Gasteiger charge is 2.10. The molecule has 0 heterocycles. The molecule has 0 atom stereocenters. The average molecular weight is 149 g/mol. The molecule has 0 rings (SSSR count). The molecule has 0 amide bonds. The van der Waals surface area contributed by atoms with E-state index in [2.05, 4.69) is 6.58 Å². The number of allylic oxidation sites excluding steroid dienone is 1. The minimum absolute atomic E-state index is 0.0439. The normalized spacial score (nSPS) is 8.56. The van der Waals surface area contributed by atoms with Crippen LogP contribution in [0.2, 0.25) is 0 Å². The average Bonchev–Trinajstić information content (AvgIpc) is 1.63. The maximum Gasteiger partial charge on any atom is 0.372 e. The van der Waals surface area contributed by atoms with Gasteiger partial charge in [-0.2, -0.15) is 0 Å². The van der Waals surface area contributed by atoms with Gasteiger partial charge in [0, 0.05) is 5.03 Å². The van der Waals surface area contributed by atoms with Crippen LogP contribution in [0, 0.1) is 0 Å². The second kappa shape index (κ2) is 3.25. The van der Waals surface area contributed by atoms with E-state index in [-0.39, 0.29) is 11.5 Å². The van der Waals surface area contributed by atoms with Gasteiger partial charge in [0.15, 0.2) is 0 Å². The van der Waals surface area contributed by atoms with Gasteiger partial charge >= 0.3 is 5.97 Å². The first kappa shape index (κ1) is 8.17. The predicted octanol–water partition coefficient (Wildman–Crippen LogP) is 0.783. The standard InChI is InChI=1S/C5H5ClO3/c1-3(6)2-4(7)5(8)9/h1-2H2,(H,8,9). The SMILES string of the molecule is C=C(Cl)CC(=O)C(=O)O. The largest absolute Gasteiger partial charge is 0.475 e. The van der Waals surface area contributed by atoms with Crippen molar-refractivity contribution in [2.45, 2.75) is 6.42 Å². The van der Waals surface area contributed by atoms with E-state index in [1.165, 1.54) is 0 Å². The third-order valence-electron chi connectivity index (χ3n) is 0.591. The van der Waals surface area contributed by atoms with Crippen LogP contribution in [0.4, 0.5) is 0 Å². The first-order valence-corrected chi connectivity index (χ1v) is 2.51. The molecule has 3 nitrogen and oxygen atoms in total. The van der Waals surface area contributed by atoms with Crippen molar-refractivity contribution >= 4 is 23.4 Å². The monoisotopic (exact) mass is 148 g/mol. The van der Waals surface area contributed by atoms with Crippen LogP contribution in [-0.4, -0.2) is 16.9 Å². The molecule has 4 heteroatoms. The second-order valence-electron chi connectivity index (χ2n) is 1.42. The van der Waals surface area contributed by atoms with E-state index in [1.54, 1.807) is 0 Å². The van der Waals surface area contributed by atoms with E-state index in [0.29, 0.717) is 0 Å². The van der Waals surface area contributed by atoms with Gasteiger partial charge in [0.25, 0.3) is 0 Å². The Bertz CT molecular complexity index is 162. The number of carboxylic acid groups (broad SMARTS) is 1. The third-order valence-corrected chi connectivity index (χ3v) is 0.725. The number of carbonyl (C=O) groups excluding carboxylic acids is 1. The molecule has 0 aromatic carbocycles. The fourth-order valence-corrected chi connectivity index (χ4v) is 0.371. The predicted molar refractivity (Wildman–Crippen MR) is 32.3 cm³/mol. The molecule has 0 aliphatic heterocycles. The summed E-state index contributed by atoms with van der Waals surface area (Å²) in [6, 6.07) is 0. The fourth-order valence-electron chi connectivity index (χ4n) is 0.250. The highest BCUT2D eigenvalue weighted by atomic mass is 35.5. The van der Waals surface area contributed by atoms with Crippen molar-refractivity contribution in [3.63, 3.8) is 0 Å². The summed E-state index contributed by atoms with van der Waals surface area (Å²) in [5.41, 5.74) is 0. The van der Waals surface area contributed by atoms with Crippen LogP contribution in [0.1, 0.15) is 6.42 Å². The zero-order valence-corrected chi connectivity index (χ0v) is 5.31. The lowest BCUT2D eigenvalue weighted by atomic mass is 10.3. The number of halogens is 1. The van der Waals surface area contributed by atoms with Crippen molar-refractivity contribution in [1.29, 1.82) is 0 Å². The Kier molecular flexibility index (Phi) is 2.95. The zero-order valence-electron chi connectivity index (χ0n) is 4.56. The van der Waals surface area contributed by atoms with Gasteiger partial charge in [0.05, 0.1) is 6.42 Å². The van der Waals surface area contributed by atoms with Crippen LogP contribution in [0.15, 0.2) is 11.6 Å². The van der Waals surface area contributed by atoms with Crippen molar-refractivity contribution in [3.8, 4) is 0 Å². The van der Waals surface area contributed by atoms with Gasteiger partial charge in [-0.1, -0.05) is 18.2 Å². The van der Waals surface area contributed by atoms with Gasteiger partial charge < -0.3 is 5.11 Å². The van der Waals surface area contributed by atoms with Crippen molar-refractivity contribution in [1.82, 2.24) is 0 Å². The Morgan fingerprint density at radius 2 is 2.00 bits per heavy atom. The van der Waals surface area contributed by atoms with Gasteiger partial charge in [-0.3, -0.25) is 4.79 Å². The smallest absolute Gasteiger partial charge is 0.372 e. The van der Waals surface area contributed by atoms with Gasteiger partial charge in [-0.15, -0.1) is 0 Å². The minimum Gasteiger partial charge on any atom is -0.475 e. The van der Waals surface area contributed by atoms with Crippen LogP contribution >= 0.6 is 11.6 Å². The molecule has 0 saturated carbocycles. The Morgan fingerprint density at radius 1 is 1.56 bits per heavy atom. The topological polar surface area (TPSA) is 54.4 Å². The lowest BCUT2D eigenvalue weighted by Crippen LogP contribution is -2.11. The highest BCUT2D eigenvalue weighted by molar-refractivity contribution is 6.38. The summed E-state index contributed by atoms with van der Waals surface area (Å²) in [5.74, 6) is -2.41. The highest BCUT2D eigenvalue weighted by Crippen LogP contribution is 2.02. The molecule has 1 N–H and O–H groups in total. The Morgan fingerprint density at radius 3 is 2.11 bits per heavy atom. The van der Waals surface area contributed by atoms with Crippen molar-refractivity contribution in [2.75, 3.05) is 0 Å². The van der Waals surface area contributed by atoms with Gasteiger partial charge in [0.1, 0.15) is 0 Å². The summed E-state index contributed by atoms with van der Waals surface area (Å²) >= 11 is 5.14. The Labute approximate surface area is 56.9 Å². The van der Waals surface area contributed by atoms with Crippen LogP contribution in [0.5, 0.6) is 0 Å². The number of ketones is 1. The van der Waals surface area contributed by atoms with Crippen LogP contribution in [-0.2, 0) is 9.59 Å². The summed E-state index contributed by atoms with van der Waals surface area (Å²) < 4.78 is 0. The minimum atomic E-state index is -1.48. The Hall–Kier alpha value is -0.830. The number of Topliss-reactive ketones (excluding diaryl/α,β-unsaturated/α-hetero) is 1. The zero-order chi connectivity index (χ0) is 7.44. The van der Waals surface area contributed by atoms with E-state index in [0.717, 1.165) is 0 Å². The maximum atomic E-state index is 10.2. The van der Waals surface area contributed by atoms with E-state index < -0.39 is 11.8 Å². The van der Waals surface area contributed by atoms with Gasteiger partial charge in [-0.25, -0.2) is 4.79 Å². The second-order valence-corrected chi connectivity index (χ2v) is 1.96. The molecule has 50 valence electrons. The summed E-state index contributed by atoms with van der Waals surface area (Å²) in [4.78, 5) is 20.0. The molecule has 9 heavy (non-hydrogen) atoms.